The van der Waals surface area contributed by atoms with E-state index in [1.54, 1.807) is 37.2 Å². The topological polar surface area (TPSA) is 74.5 Å². The molecule has 24 heavy (non-hydrogen) atoms. The Morgan fingerprint density at radius 2 is 2.21 bits per heavy atom. The second kappa shape index (κ2) is 9.94. The van der Waals surface area contributed by atoms with Gasteiger partial charge in [0.2, 0.25) is 0 Å². The number of benzene rings is 1. The Labute approximate surface area is 165 Å². The van der Waals surface area contributed by atoms with Crippen LogP contribution in [0.15, 0.2) is 40.1 Å². The van der Waals surface area contributed by atoms with E-state index >= 15 is 0 Å². The minimum absolute atomic E-state index is 0. The minimum atomic E-state index is -0.688. The highest BCUT2D eigenvalue weighted by atomic mass is 127. The molecule has 0 saturated heterocycles. The van der Waals surface area contributed by atoms with Gasteiger partial charge in [0.15, 0.2) is 5.96 Å². The van der Waals surface area contributed by atoms with Crippen LogP contribution >= 0.6 is 39.9 Å². The van der Waals surface area contributed by atoms with Crippen LogP contribution in [0.3, 0.4) is 0 Å². The van der Waals surface area contributed by atoms with Gasteiger partial charge in [-0.1, -0.05) is 6.07 Å². The van der Waals surface area contributed by atoms with Crippen molar-refractivity contribution in [3.8, 4) is 0 Å². The lowest BCUT2D eigenvalue weighted by Crippen LogP contribution is -2.39. The molecule has 2 aromatic rings. The molecule has 0 fully saturated rings. The summed E-state index contributed by atoms with van der Waals surface area (Å²) < 4.78 is 15.5. The van der Waals surface area contributed by atoms with Gasteiger partial charge in [0.05, 0.1) is 16.8 Å². The Hall–Kier alpha value is -1.20. The van der Waals surface area contributed by atoms with Crippen LogP contribution in [0.1, 0.15) is 17.2 Å². The Bertz CT molecular complexity index is 694. The molecule has 0 aliphatic heterocycles. The fraction of sp³-hybridized carbons (Fsp3) is 0.333. The molecule has 1 unspecified atom stereocenters. The molecule has 0 spiro atoms. The Morgan fingerprint density at radius 1 is 1.46 bits per heavy atom. The number of nitrogens with one attached hydrogen (secondary N) is 2. The SMILES string of the molecule is CN=C(NCc1ccc(Br)c(F)c1)NCC(O)c1cnn(C)c1.I. The van der Waals surface area contributed by atoms with Gasteiger partial charge in [0, 0.05) is 38.9 Å². The molecule has 3 N–H and O–H groups in total. The minimum Gasteiger partial charge on any atom is -0.386 e. The van der Waals surface area contributed by atoms with Crippen LogP contribution in [0.4, 0.5) is 4.39 Å². The zero-order chi connectivity index (χ0) is 16.8. The molecule has 1 aromatic heterocycles. The molecule has 0 aliphatic carbocycles. The third kappa shape index (κ3) is 6.02. The molecule has 9 heteroatoms. The number of aromatic nitrogens is 2. The van der Waals surface area contributed by atoms with Gasteiger partial charge in [-0.25, -0.2) is 4.39 Å². The fourth-order valence-electron chi connectivity index (χ4n) is 1.98. The number of hydrogen-bond donors (Lipinski definition) is 3. The van der Waals surface area contributed by atoms with Gasteiger partial charge in [-0.15, -0.1) is 24.0 Å². The van der Waals surface area contributed by atoms with E-state index in [4.69, 9.17) is 0 Å². The first-order valence-corrected chi connectivity index (χ1v) is 7.84. The molecular formula is C15H20BrFIN5O. The summed E-state index contributed by atoms with van der Waals surface area (Å²) in [6.07, 6.45) is 2.69. The summed E-state index contributed by atoms with van der Waals surface area (Å²) in [6.45, 7) is 0.715. The van der Waals surface area contributed by atoms with Crippen molar-refractivity contribution in [1.29, 1.82) is 0 Å². The third-order valence-electron chi connectivity index (χ3n) is 3.24. The number of aliphatic hydroxyl groups is 1. The van der Waals surface area contributed by atoms with Crippen molar-refractivity contribution in [3.63, 3.8) is 0 Å². The number of halogens is 3. The summed E-state index contributed by atoms with van der Waals surface area (Å²) >= 11 is 3.12. The first-order chi connectivity index (χ1) is 11.0. The molecule has 0 saturated carbocycles. The maximum Gasteiger partial charge on any atom is 0.191 e. The molecule has 132 valence electrons. The average molecular weight is 512 g/mol. The van der Waals surface area contributed by atoms with Crippen molar-refractivity contribution in [2.75, 3.05) is 13.6 Å². The standard InChI is InChI=1S/C15H19BrFN5O.HI/c1-18-15(19-6-10-3-4-12(16)13(17)5-10)20-8-14(23)11-7-21-22(2)9-11;/h3-5,7,9,14,23H,6,8H2,1-2H3,(H2,18,19,20);1H. The number of nitrogens with zero attached hydrogens (tertiary/aromatic N) is 3. The van der Waals surface area contributed by atoms with Crippen LogP contribution in [0, 0.1) is 5.82 Å². The van der Waals surface area contributed by atoms with Crippen LogP contribution < -0.4 is 10.6 Å². The van der Waals surface area contributed by atoms with Crippen LogP contribution in [-0.4, -0.2) is 34.4 Å². The Morgan fingerprint density at radius 3 is 2.79 bits per heavy atom. The van der Waals surface area contributed by atoms with Crippen molar-refractivity contribution in [2.24, 2.45) is 12.0 Å². The highest BCUT2D eigenvalue weighted by Crippen LogP contribution is 2.16. The summed E-state index contributed by atoms with van der Waals surface area (Å²) in [4.78, 5) is 4.07. The van der Waals surface area contributed by atoms with E-state index in [9.17, 15) is 9.50 Å². The fourth-order valence-corrected chi connectivity index (χ4v) is 2.23. The third-order valence-corrected chi connectivity index (χ3v) is 3.88. The molecule has 1 atom stereocenters. The maximum absolute atomic E-state index is 13.5. The first kappa shape index (κ1) is 20.8. The van der Waals surface area contributed by atoms with Crippen LogP contribution in [0.2, 0.25) is 0 Å². The lowest BCUT2D eigenvalue weighted by molar-refractivity contribution is 0.180. The van der Waals surface area contributed by atoms with E-state index in [0.717, 1.165) is 11.1 Å². The van der Waals surface area contributed by atoms with Crippen LogP contribution in [0.5, 0.6) is 0 Å². The largest absolute Gasteiger partial charge is 0.386 e. The maximum atomic E-state index is 13.5. The summed E-state index contributed by atoms with van der Waals surface area (Å²) in [5.74, 6) is 0.218. The monoisotopic (exact) mass is 511 g/mol. The Balaban J connectivity index is 0.00000288. The summed E-state index contributed by atoms with van der Waals surface area (Å²) in [5.41, 5.74) is 1.52. The van der Waals surface area contributed by atoms with Gasteiger partial charge in [-0.3, -0.25) is 9.67 Å². The van der Waals surface area contributed by atoms with Crippen LogP contribution in [-0.2, 0) is 13.6 Å². The van der Waals surface area contributed by atoms with Crippen molar-refractivity contribution in [2.45, 2.75) is 12.6 Å². The van der Waals surface area contributed by atoms with Gasteiger partial charge in [0.25, 0.3) is 0 Å². The van der Waals surface area contributed by atoms with E-state index in [-0.39, 0.29) is 29.8 Å². The number of aliphatic imine (C=N–C) groups is 1. The molecule has 6 nitrogen and oxygen atoms in total. The number of hydrogen-bond acceptors (Lipinski definition) is 3. The molecule has 0 radical (unpaired) electrons. The lowest BCUT2D eigenvalue weighted by Gasteiger charge is -2.14. The van der Waals surface area contributed by atoms with E-state index < -0.39 is 6.10 Å². The van der Waals surface area contributed by atoms with E-state index in [1.807, 2.05) is 6.07 Å². The number of aliphatic hydroxyl groups excluding tert-OH is 1. The summed E-state index contributed by atoms with van der Waals surface area (Å²) in [6, 6.07) is 4.93. The van der Waals surface area contributed by atoms with Crippen molar-refractivity contribution >= 4 is 45.9 Å². The zero-order valence-corrected chi connectivity index (χ0v) is 17.2. The molecule has 0 aliphatic rings. The van der Waals surface area contributed by atoms with Crippen LogP contribution in [0.25, 0.3) is 0 Å². The highest BCUT2D eigenvalue weighted by molar-refractivity contribution is 14.0. The van der Waals surface area contributed by atoms with Gasteiger partial charge < -0.3 is 15.7 Å². The van der Waals surface area contributed by atoms with Gasteiger partial charge in [0.1, 0.15) is 5.82 Å². The number of aryl methyl sites for hydroxylation is 1. The first-order valence-electron chi connectivity index (χ1n) is 7.04. The second-order valence-corrected chi connectivity index (χ2v) is 5.87. The zero-order valence-electron chi connectivity index (χ0n) is 13.3. The molecule has 1 heterocycles. The van der Waals surface area contributed by atoms with Crippen molar-refractivity contribution < 1.29 is 9.50 Å². The summed E-state index contributed by atoms with van der Waals surface area (Å²) in [5, 5.41) is 20.2. The predicted octanol–water partition coefficient (Wildman–Crippen LogP) is 2.34. The molecule has 1 aromatic carbocycles. The average Bonchev–Trinajstić information content (AvgIpc) is 2.97. The van der Waals surface area contributed by atoms with Crippen molar-refractivity contribution in [3.05, 3.63) is 52.0 Å². The highest BCUT2D eigenvalue weighted by Gasteiger charge is 2.10. The molecule has 0 amide bonds. The van der Waals surface area contributed by atoms with Gasteiger partial charge in [-0.2, -0.15) is 5.10 Å². The second-order valence-electron chi connectivity index (χ2n) is 5.02. The van der Waals surface area contributed by atoms with Gasteiger partial charge in [-0.05, 0) is 33.6 Å². The van der Waals surface area contributed by atoms with E-state index in [2.05, 4.69) is 36.7 Å². The normalized spacial score (nSPS) is 12.5. The number of rotatable bonds is 5. The molecular weight excluding hydrogens is 492 g/mol. The molecule has 0 bridgehead atoms. The summed E-state index contributed by atoms with van der Waals surface area (Å²) in [7, 11) is 3.43. The quantitative estimate of drug-likeness (QED) is 0.327. The molecule has 2 rings (SSSR count). The van der Waals surface area contributed by atoms with E-state index in [1.165, 1.54) is 6.07 Å². The smallest absolute Gasteiger partial charge is 0.191 e. The lowest BCUT2D eigenvalue weighted by atomic mass is 10.2. The van der Waals surface area contributed by atoms with E-state index in [0.29, 0.717) is 23.5 Å². The number of guanidine groups is 1. The van der Waals surface area contributed by atoms with Crippen molar-refractivity contribution in [1.82, 2.24) is 20.4 Å². The predicted molar refractivity (Wildman–Crippen MR) is 106 cm³/mol. The Kier molecular flexibility index (Phi) is 8.63. The van der Waals surface area contributed by atoms with Gasteiger partial charge >= 0.3 is 0 Å².